The molecule has 0 aliphatic heterocycles. The van der Waals surface area contributed by atoms with Gasteiger partial charge in [0.2, 0.25) is 5.91 Å². The normalized spacial score (nSPS) is 12.2. The highest BCUT2D eigenvalue weighted by molar-refractivity contribution is 6.42. The van der Waals surface area contributed by atoms with Crippen molar-refractivity contribution in [3.63, 3.8) is 0 Å². The van der Waals surface area contributed by atoms with Crippen molar-refractivity contribution in [1.29, 1.82) is 0 Å². The molecule has 1 aromatic heterocycles. The quantitative estimate of drug-likeness (QED) is 0.921. The van der Waals surface area contributed by atoms with Crippen molar-refractivity contribution in [2.75, 3.05) is 0 Å². The lowest BCUT2D eigenvalue weighted by Gasteiger charge is -2.13. The maximum absolute atomic E-state index is 11.9. The van der Waals surface area contributed by atoms with E-state index < -0.39 is 0 Å². The fourth-order valence-corrected chi connectivity index (χ4v) is 2.13. The van der Waals surface area contributed by atoms with E-state index in [1.165, 1.54) is 6.33 Å². The molecule has 0 radical (unpaired) electrons. The number of carbonyl (C=O) groups excluding carboxylic acids is 1. The van der Waals surface area contributed by atoms with Crippen molar-refractivity contribution in [2.45, 2.75) is 25.9 Å². The molecule has 1 unspecified atom stereocenters. The Morgan fingerprint density at radius 3 is 2.85 bits per heavy atom. The van der Waals surface area contributed by atoms with E-state index in [-0.39, 0.29) is 18.4 Å². The highest BCUT2D eigenvalue weighted by Crippen LogP contribution is 2.22. The second-order valence-electron chi connectivity index (χ2n) is 4.51. The van der Waals surface area contributed by atoms with Crippen LogP contribution in [0.25, 0.3) is 0 Å². The molecule has 20 heavy (non-hydrogen) atoms. The summed E-state index contributed by atoms with van der Waals surface area (Å²) in [6.45, 7) is 2.49. The molecule has 106 valence electrons. The molecular formula is C13H14Cl2N4O. The summed E-state index contributed by atoms with van der Waals surface area (Å²) >= 11 is 11.7. The minimum absolute atomic E-state index is 0.0352. The Hall–Kier alpha value is -1.59. The average molecular weight is 313 g/mol. The van der Waals surface area contributed by atoms with Gasteiger partial charge in [0, 0.05) is 6.04 Å². The summed E-state index contributed by atoms with van der Waals surface area (Å²) in [7, 11) is 0. The smallest absolute Gasteiger partial charge is 0.224 e. The highest BCUT2D eigenvalue weighted by atomic mass is 35.5. The van der Waals surface area contributed by atoms with Gasteiger partial charge in [-0.05, 0) is 24.6 Å². The molecular weight excluding hydrogens is 299 g/mol. The summed E-state index contributed by atoms with van der Waals surface area (Å²) in [4.78, 5) is 15.8. The second-order valence-corrected chi connectivity index (χ2v) is 5.33. The SMILES string of the molecule is CC(Cn1cncn1)NC(=O)Cc1ccc(Cl)c(Cl)c1. The Kier molecular flexibility index (Phi) is 4.98. The van der Waals surface area contributed by atoms with Crippen molar-refractivity contribution in [2.24, 2.45) is 0 Å². The third kappa shape index (κ3) is 4.21. The molecule has 1 aromatic carbocycles. The predicted octanol–water partition coefficient (Wildman–Crippen LogP) is 2.33. The standard InChI is InChI=1S/C13H14Cl2N4O/c1-9(6-19-8-16-7-17-19)18-13(20)5-10-2-3-11(14)12(15)4-10/h2-4,7-9H,5-6H2,1H3,(H,18,20). The van der Waals surface area contributed by atoms with Crippen LogP contribution in [-0.2, 0) is 17.8 Å². The van der Waals surface area contributed by atoms with E-state index in [1.807, 2.05) is 6.92 Å². The molecule has 0 fully saturated rings. The molecule has 7 heteroatoms. The molecule has 2 aromatic rings. The minimum atomic E-state index is -0.0731. The van der Waals surface area contributed by atoms with Crippen LogP contribution in [0.2, 0.25) is 10.0 Å². The summed E-state index contributed by atoms with van der Waals surface area (Å²) in [5.74, 6) is -0.0731. The molecule has 1 atom stereocenters. The van der Waals surface area contributed by atoms with Gasteiger partial charge < -0.3 is 5.32 Å². The second kappa shape index (κ2) is 6.72. The molecule has 1 N–H and O–H groups in total. The van der Waals surface area contributed by atoms with E-state index in [4.69, 9.17) is 23.2 Å². The molecule has 1 amide bonds. The zero-order valence-electron chi connectivity index (χ0n) is 10.9. The maximum atomic E-state index is 11.9. The van der Waals surface area contributed by atoms with Gasteiger partial charge in [0.1, 0.15) is 12.7 Å². The first-order chi connectivity index (χ1) is 9.54. The van der Waals surface area contributed by atoms with Gasteiger partial charge in [0.15, 0.2) is 0 Å². The number of aromatic nitrogens is 3. The molecule has 0 aliphatic carbocycles. The average Bonchev–Trinajstić information content (AvgIpc) is 2.86. The van der Waals surface area contributed by atoms with Crippen molar-refractivity contribution < 1.29 is 4.79 Å². The molecule has 1 heterocycles. The maximum Gasteiger partial charge on any atom is 0.224 e. The van der Waals surface area contributed by atoms with Crippen LogP contribution in [0.15, 0.2) is 30.9 Å². The lowest BCUT2D eigenvalue weighted by Crippen LogP contribution is -2.36. The summed E-state index contributed by atoms with van der Waals surface area (Å²) in [5.41, 5.74) is 0.824. The minimum Gasteiger partial charge on any atom is -0.351 e. The van der Waals surface area contributed by atoms with Gasteiger partial charge in [-0.3, -0.25) is 9.48 Å². The van der Waals surface area contributed by atoms with E-state index in [0.29, 0.717) is 16.6 Å². The first-order valence-electron chi connectivity index (χ1n) is 6.10. The first-order valence-corrected chi connectivity index (χ1v) is 6.86. The largest absolute Gasteiger partial charge is 0.351 e. The summed E-state index contributed by atoms with van der Waals surface area (Å²) in [6.07, 6.45) is 3.34. The Bertz CT molecular complexity index is 586. The lowest BCUT2D eigenvalue weighted by molar-refractivity contribution is -0.121. The van der Waals surface area contributed by atoms with Crippen LogP contribution < -0.4 is 5.32 Å². The van der Waals surface area contributed by atoms with Crippen LogP contribution in [0.1, 0.15) is 12.5 Å². The number of halogens is 2. The molecule has 5 nitrogen and oxygen atoms in total. The highest BCUT2D eigenvalue weighted by Gasteiger charge is 2.10. The third-order valence-electron chi connectivity index (χ3n) is 2.68. The molecule has 0 saturated heterocycles. The number of nitrogens with one attached hydrogen (secondary N) is 1. The van der Waals surface area contributed by atoms with E-state index >= 15 is 0 Å². The fourth-order valence-electron chi connectivity index (χ4n) is 1.81. The Labute approximate surface area is 126 Å². The third-order valence-corrected chi connectivity index (χ3v) is 3.42. The van der Waals surface area contributed by atoms with Crippen LogP contribution in [-0.4, -0.2) is 26.7 Å². The molecule has 0 bridgehead atoms. The topological polar surface area (TPSA) is 59.8 Å². The Morgan fingerprint density at radius 1 is 1.40 bits per heavy atom. The van der Waals surface area contributed by atoms with Crippen molar-refractivity contribution in [3.05, 3.63) is 46.5 Å². The number of benzene rings is 1. The summed E-state index contributed by atoms with van der Waals surface area (Å²) < 4.78 is 1.67. The fraction of sp³-hybridized carbons (Fsp3) is 0.308. The van der Waals surface area contributed by atoms with E-state index in [9.17, 15) is 4.79 Å². The Morgan fingerprint density at radius 2 is 2.20 bits per heavy atom. The lowest BCUT2D eigenvalue weighted by atomic mass is 10.1. The monoisotopic (exact) mass is 312 g/mol. The summed E-state index contributed by atoms with van der Waals surface area (Å²) in [6, 6.07) is 5.14. The zero-order valence-corrected chi connectivity index (χ0v) is 12.4. The molecule has 0 spiro atoms. The number of nitrogens with zero attached hydrogens (tertiary/aromatic N) is 3. The molecule has 0 aliphatic rings. The predicted molar refractivity (Wildman–Crippen MR) is 77.8 cm³/mol. The number of rotatable bonds is 5. The van der Waals surface area contributed by atoms with E-state index in [1.54, 1.807) is 29.2 Å². The van der Waals surface area contributed by atoms with Crippen molar-refractivity contribution in [3.8, 4) is 0 Å². The molecule has 0 saturated carbocycles. The van der Waals surface area contributed by atoms with Gasteiger partial charge >= 0.3 is 0 Å². The first kappa shape index (κ1) is 14.8. The summed E-state index contributed by atoms with van der Waals surface area (Å²) in [5, 5.41) is 7.82. The van der Waals surface area contributed by atoms with Gasteiger partial charge in [-0.2, -0.15) is 5.10 Å². The van der Waals surface area contributed by atoms with Gasteiger partial charge in [0.25, 0.3) is 0 Å². The van der Waals surface area contributed by atoms with E-state index in [2.05, 4.69) is 15.4 Å². The van der Waals surface area contributed by atoms with Gasteiger partial charge in [-0.1, -0.05) is 29.3 Å². The number of hydrogen-bond acceptors (Lipinski definition) is 3. The van der Waals surface area contributed by atoms with Gasteiger partial charge in [0.05, 0.1) is 23.0 Å². The number of carbonyl (C=O) groups is 1. The number of amides is 1. The van der Waals surface area contributed by atoms with Crippen molar-refractivity contribution >= 4 is 29.1 Å². The van der Waals surface area contributed by atoms with Crippen LogP contribution in [0, 0.1) is 0 Å². The van der Waals surface area contributed by atoms with Crippen molar-refractivity contribution in [1.82, 2.24) is 20.1 Å². The van der Waals surface area contributed by atoms with Crippen LogP contribution >= 0.6 is 23.2 Å². The number of hydrogen-bond donors (Lipinski definition) is 1. The van der Waals surface area contributed by atoms with Crippen LogP contribution in [0.5, 0.6) is 0 Å². The van der Waals surface area contributed by atoms with Gasteiger partial charge in [-0.25, -0.2) is 4.98 Å². The zero-order chi connectivity index (χ0) is 14.5. The molecule has 2 rings (SSSR count). The van der Waals surface area contributed by atoms with Crippen LogP contribution in [0.4, 0.5) is 0 Å². The Balaban J connectivity index is 1.87. The van der Waals surface area contributed by atoms with E-state index in [0.717, 1.165) is 5.56 Å². The van der Waals surface area contributed by atoms with Crippen LogP contribution in [0.3, 0.4) is 0 Å². The van der Waals surface area contributed by atoms with Gasteiger partial charge in [-0.15, -0.1) is 0 Å².